The summed E-state index contributed by atoms with van der Waals surface area (Å²) in [7, 11) is 0. The molecule has 1 aliphatic heterocycles. The number of hydrogen-bond donors (Lipinski definition) is 2. The monoisotopic (exact) mass is 340 g/mol. The Morgan fingerprint density at radius 3 is 2.62 bits per heavy atom. The summed E-state index contributed by atoms with van der Waals surface area (Å²) in [4.78, 5) is 24.0. The van der Waals surface area contributed by atoms with Gasteiger partial charge in [-0.05, 0) is 45.7 Å². The van der Waals surface area contributed by atoms with Crippen LogP contribution in [0.25, 0.3) is 0 Å². The van der Waals surface area contributed by atoms with E-state index in [0.717, 1.165) is 6.07 Å². The van der Waals surface area contributed by atoms with Crippen LogP contribution < -0.4 is 10.6 Å². The lowest BCUT2D eigenvalue weighted by Crippen LogP contribution is -2.56. The topological polar surface area (TPSA) is 67.4 Å². The molecule has 0 saturated carbocycles. The summed E-state index contributed by atoms with van der Waals surface area (Å²) in [6, 6.07) is 2.70. The quantitative estimate of drug-likeness (QED) is 0.870. The Hall–Kier alpha value is -2.18. The van der Waals surface area contributed by atoms with Crippen LogP contribution >= 0.6 is 0 Å². The van der Waals surface area contributed by atoms with Crippen molar-refractivity contribution in [1.29, 1.82) is 0 Å². The molecule has 1 heterocycles. The molecule has 0 spiro atoms. The van der Waals surface area contributed by atoms with Crippen molar-refractivity contribution in [1.82, 2.24) is 10.6 Å². The zero-order valence-electron chi connectivity index (χ0n) is 14.2. The van der Waals surface area contributed by atoms with Crippen molar-refractivity contribution in [2.24, 2.45) is 0 Å². The SMILES string of the molecule is C[C@H]1NC(=O)[C@@H](NC(=O)OC(C)(C)C)C[C@H]1c1cccc(F)c1F. The van der Waals surface area contributed by atoms with Gasteiger partial charge in [-0.25, -0.2) is 13.6 Å². The molecule has 1 saturated heterocycles. The van der Waals surface area contributed by atoms with Crippen LogP contribution in [0.5, 0.6) is 0 Å². The van der Waals surface area contributed by atoms with Gasteiger partial charge >= 0.3 is 6.09 Å². The second kappa shape index (κ2) is 6.75. The Morgan fingerprint density at radius 2 is 2.00 bits per heavy atom. The number of benzene rings is 1. The number of carbonyl (C=O) groups excluding carboxylic acids is 2. The lowest BCUT2D eigenvalue weighted by molar-refractivity contribution is -0.126. The molecule has 0 aromatic heterocycles. The third-order valence-electron chi connectivity index (χ3n) is 3.85. The summed E-state index contributed by atoms with van der Waals surface area (Å²) in [5, 5.41) is 5.18. The predicted molar refractivity (Wildman–Crippen MR) is 84.5 cm³/mol. The maximum Gasteiger partial charge on any atom is 0.408 e. The Balaban J connectivity index is 2.16. The van der Waals surface area contributed by atoms with Gasteiger partial charge in [-0.2, -0.15) is 0 Å². The molecular formula is C17H22F2N2O3. The van der Waals surface area contributed by atoms with E-state index < -0.39 is 35.3 Å². The van der Waals surface area contributed by atoms with E-state index in [0.29, 0.717) is 0 Å². The maximum absolute atomic E-state index is 14.1. The van der Waals surface area contributed by atoms with Crippen LogP contribution in [0.3, 0.4) is 0 Å². The molecule has 5 nitrogen and oxygen atoms in total. The maximum atomic E-state index is 14.1. The first kappa shape index (κ1) is 18.2. The molecule has 0 aliphatic carbocycles. The lowest BCUT2D eigenvalue weighted by Gasteiger charge is -2.35. The van der Waals surface area contributed by atoms with Crippen LogP contribution in [-0.4, -0.2) is 29.7 Å². The molecule has 0 radical (unpaired) electrons. The standard InChI is InChI=1S/C17H22F2N2O3/c1-9-11(10-6-5-7-12(18)14(10)19)8-13(15(22)20-9)21-16(23)24-17(2,3)4/h5-7,9,11,13H,8H2,1-4H3,(H,20,22)(H,21,23)/t9-,11-,13+/m1/s1. The van der Waals surface area contributed by atoms with Crippen molar-refractivity contribution in [3.8, 4) is 0 Å². The summed E-state index contributed by atoms with van der Waals surface area (Å²) in [5.41, 5.74) is -0.519. The molecule has 24 heavy (non-hydrogen) atoms. The summed E-state index contributed by atoms with van der Waals surface area (Å²) in [6.07, 6.45) is -0.567. The van der Waals surface area contributed by atoms with Crippen LogP contribution in [0.2, 0.25) is 0 Å². The smallest absolute Gasteiger partial charge is 0.408 e. The fraction of sp³-hybridized carbons (Fsp3) is 0.529. The first-order valence-corrected chi connectivity index (χ1v) is 7.82. The molecular weight excluding hydrogens is 318 g/mol. The second-order valence-electron chi connectivity index (χ2n) is 6.98. The molecule has 1 aromatic rings. The summed E-state index contributed by atoms with van der Waals surface area (Å²) in [5.74, 6) is -2.70. The number of amides is 2. The minimum atomic E-state index is -0.937. The fourth-order valence-electron chi connectivity index (χ4n) is 2.77. The first-order valence-electron chi connectivity index (χ1n) is 7.82. The first-order chi connectivity index (χ1) is 11.1. The van der Waals surface area contributed by atoms with Crippen molar-refractivity contribution in [2.45, 2.75) is 57.7 Å². The number of nitrogens with one attached hydrogen (secondary N) is 2. The molecule has 7 heteroatoms. The molecule has 2 amide bonds. The highest BCUT2D eigenvalue weighted by Gasteiger charge is 2.37. The highest BCUT2D eigenvalue weighted by Crippen LogP contribution is 2.31. The van der Waals surface area contributed by atoms with Gasteiger partial charge in [0.25, 0.3) is 0 Å². The minimum Gasteiger partial charge on any atom is -0.444 e. The average Bonchev–Trinajstić information content (AvgIpc) is 2.43. The van der Waals surface area contributed by atoms with E-state index >= 15 is 0 Å². The van der Waals surface area contributed by atoms with Gasteiger partial charge in [0.1, 0.15) is 11.6 Å². The van der Waals surface area contributed by atoms with Gasteiger partial charge in [-0.3, -0.25) is 4.79 Å². The van der Waals surface area contributed by atoms with E-state index in [4.69, 9.17) is 4.74 Å². The highest BCUT2D eigenvalue weighted by atomic mass is 19.2. The van der Waals surface area contributed by atoms with E-state index in [1.165, 1.54) is 12.1 Å². The Bertz CT molecular complexity index is 643. The Labute approximate surface area is 139 Å². The number of halogens is 2. The molecule has 3 atom stereocenters. The van der Waals surface area contributed by atoms with Gasteiger partial charge in [-0.1, -0.05) is 12.1 Å². The fourth-order valence-corrected chi connectivity index (χ4v) is 2.77. The van der Waals surface area contributed by atoms with E-state index in [-0.39, 0.29) is 23.9 Å². The van der Waals surface area contributed by atoms with E-state index in [1.807, 2.05) is 0 Å². The predicted octanol–water partition coefficient (Wildman–Crippen LogP) is 2.85. The van der Waals surface area contributed by atoms with Gasteiger partial charge in [0.2, 0.25) is 5.91 Å². The zero-order chi connectivity index (χ0) is 18.1. The number of hydrogen-bond acceptors (Lipinski definition) is 3. The zero-order valence-corrected chi connectivity index (χ0v) is 14.2. The van der Waals surface area contributed by atoms with Crippen LogP contribution in [0.15, 0.2) is 18.2 Å². The molecule has 2 N–H and O–H groups in total. The van der Waals surface area contributed by atoms with Gasteiger partial charge in [0.15, 0.2) is 11.6 Å². The van der Waals surface area contributed by atoms with E-state index in [2.05, 4.69) is 10.6 Å². The van der Waals surface area contributed by atoms with Crippen molar-refractivity contribution < 1.29 is 23.1 Å². The van der Waals surface area contributed by atoms with Gasteiger partial charge < -0.3 is 15.4 Å². The Kier molecular flexibility index (Phi) is 5.11. The summed E-state index contributed by atoms with van der Waals surface area (Å²) >= 11 is 0. The number of rotatable bonds is 2. The number of ether oxygens (including phenoxy) is 1. The number of piperidine rings is 1. The highest BCUT2D eigenvalue weighted by molar-refractivity contribution is 5.86. The van der Waals surface area contributed by atoms with Crippen LogP contribution in [0.1, 0.15) is 45.6 Å². The Morgan fingerprint density at radius 1 is 1.33 bits per heavy atom. The van der Waals surface area contributed by atoms with Crippen molar-refractivity contribution in [3.05, 3.63) is 35.4 Å². The third-order valence-corrected chi connectivity index (χ3v) is 3.85. The largest absolute Gasteiger partial charge is 0.444 e. The van der Waals surface area contributed by atoms with Crippen molar-refractivity contribution in [2.75, 3.05) is 0 Å². The number of carbonyl (C=O) groups is 2. The average molecular weight is 340 g/mol. The molecule has 2 rings (SSSR count). The molecule has 0 bridgehead atoms. The molecule has 0 unspecified atom stereocenters. The summed E-state index contributed by atoms with van der Waals surface area (Å²) in [6.45, 7) is 6.85. The summed E-state index contributed by atoms with van der Waals surface area (Å²) < 4.78 is 32.7. The van der Waals surface area contributed by atoms with Crippen molar-refractivity contribution >= 4 is 12.0 Å². The van der Waals surface area contributed by atoms with Gasteiger partial charge in [0, 0.05) is 12.0 Å². The van der Waals surface area contributed by atoms with Crippen molar-refractivity contribution in [3.63, 3.8) is 0 Å². The lowest BCUT2D eigenvalue weighted by atomic mass is 9.83. The van der Waals surface area contributed by atoms with Gasteiger partial charge in [0.05, 0.1) is 0 Å². The molecule has 132 valence electrons. The van der Waals surface area contributed by atoms with Crippen LogP contribution in [0, 0.1) is 11.6 Å². The van der Waals surface area contributed by atoms with Gasteiger partial charge in [-0.15, -0.1) is 0 Å². The minimum absolute atomic E-state index is 0.159. The van der Waals surface area contributed by atoms with E-state index in [9.17, 15) is 18.4 Å². The second-order valence-corrected chi connectivity index (χ2v) is 6.98. The third kappa shape index (κ3) is 4.21. The molecule has 1 aromatic carbocycles. The number of alkyl carbamates (subject to hydrolysis) is 1. The van der Waals surface area contributed by atoms with Crippen LogP contribution in [0.4, 0.5) is 13.6 Å². The molecule has 1 fully saturated rings. The normalized spacial score (nSPS) is 24.2. The van der Waals surface area contributed by atoms with Crippen LogP contribution in [-0.2, 0) is 9.53 Å². The molecule has 1 aliphatic rings. The van der Waals surface area contributed by atoms with E-state index in [1.54, 1.807) is 27.7 Å².